The number of nitrogens with zero attached hydrogens (tertiary/aromatic N) is 1. The minimum Gasteiger partial charge on any atom is -0.504 e. The van der Waals surface area contributed by atoms with Gasteiger partial charge in [0.05, 0.1) is 0 Å². The highest BCUT2D eigenvalue weighted by Crippen LogP contribution is 2.32. The number of hydrogen-bond donors (Lipinski definition) is 4. The molecular weight excluding hydrogens is 386 g/mol. The largest absolute Gasteiger partial charge is 0.504 e. The molecule has 2 aromatic carbocycles. The lowest BCUT2D eigenvalue weighted by Crippen LogP contribution is -2.35. The summed E-state index contributed by atoms with van der Waals surface area (Å²) in [5, 5.41) is 34.8. The number of aliphatic carboxylic acids is 2. The molecule has 1 unspecified atom stereocenters. The van der Waals surface area contributed by atoms with Gasteiger partial charge < -0.3 is 25.3 Å². The molecule has 7 heteroatoms. The number of rotatable bonds is 6. The SMILES string of the molecule is O=C(O)/C=C/C(=O)O.Oc1ccc(C2CCCN(CCc3ccccc3)C2)cc1O. The number of hydrogen-bond acceptors (Lipinski definition) is 5. The molecular formula is C23H27NO6. The lowest BCUT2D eigenvalue weighted by molar-refractivity contribution is -0.134. The van der Waals surface area contributed by atoms with Crippen molar-refractivity contribution in [2.45, 2.75) is 25.2 Å². The molecule has 7 nitrogen and oxygen atoms in total. The third-order valence-electron chi connectivity index (χ3n) is 4.90. The fraction of sp³-hybridized carbons (Fsp3) is 0.304. The smallest absolute Gasteiger partial charge is 0.328 e. The van der Waals surface area contributed by atoms with Gasteiger partial charge in [0.25, 0.3) is 0 Å². The van der Waals surface area contributed by atoms with Crippen molar-refractivity contribution in [1.82, 2.24) is 4.90 Å². The maximum Gasteiger partial charge on any atom is 0.328 e. The van der Waals surface area contributed by atoms with Crippen LogP contribution in [0.4, 0.5) is 0 Å². The molecule has 0 spiro atoms. The van der Waals surface area contributed by atoms with E-state index in [1.165, 1.54) is 12.0 Å². The zero-order valence-electron chi connectivity index (χ0n) is 16.6. The minimum absolute atomic E-state index is 0.0149. The summed E-state index contributed by atoms with van der Waals surface area (Å²) >= 11 is 0. The third kappa shape index (κ3) is 7.97. The predicted octanol–water partition coefficient (Wildman–Crippen LogP) is 3.23. The molecule has 3 rings (SSSR count). The van der Waals surface area contributed by atoms with Crippen LogP contribution in [0.2, 0.25) is 0 Å². The Labute approximate surface area is 175 Å². The molecule has 0 aliphatic carbocycles. The minimum atomic E-state index is -1.26. The van der Waals surface area contributed by atoms with E-state index in [2.05, 4.69) is 35.2 Å². The summed E-state index contributed by atoms with van der Waals surface area (Å²) in [4.78, 5) is 21.6. The third-order valence-corrected chi connectivity index (χ3v) is 4.90. The highest BCUT2D eigenvalue weighted by molar-refractivity contribution is 5.89. The first-order chi connectivity index (χ1) is 14.3. The van der Waals surface area contributed by atoms with Gasteiger partial charge in [0, 0.05) is 25.2 Å². The number of phenols is 2. The number of aromatic hydroxyl groups is 2. The summed E-state index contributed by atoms with van der Waals surface area (Å²) in [6.07, 6.45) is 4.52. The van der Waals surface area contributed by atoms with E-state index in [4.69, 9.17) is 10.2 Å². The lowest BCUT2D eigenvalue weighted by atomic mass is 9.90. The van der Waals surface area contributed by atoms with Crippen LogP contribution in [0.25, 0.3) is 0 Å². The molecule has 0 radical (unpaired) electrons. The molecule has 1 saturated heterocycles. The Hall–Kier alpha value is -3.32. The summed E-state index contributed by atoms with van der Waals surface area (Å²) in [6.45, 7) is 3.25. The summed E-state index contributed by atoms with van der Waals surface area (Å²) in [5.41, 5.74) is 2.51. The van der Waals surface area contributed by atoms with Crippen molar-refractivity contribution in [3.05, 3.63) is 71.8 Å². The number of carboxylic acid groups (broad SMARTS) is 2. The molecule has 0 amide bonds. The van der Waals surface area contributed by atoms with Gasteiger partial charge in [0.2, 0.25) is 0 Å². The molecule has 0 aromatic heterocycles. The molecule has 4 N–H and O–H groups in total. The van der Waals surface area contributed by atoms with E-state index in [0.717, 1.165) is 38.0 Å². The second-order valence-corrected chi connectivity index (χ2v) is 7.13. The number of carbonyl (C=O) groups is 2. The molecule has 160 valence electrons. The summed E-state index contributed by atoms with van der Waals surface area (Å²) in [6, 6.07) is 15.8. The van der Waals surface area contributed by atoms with Crippen LogP contribution in [0.15, 0.2) is 60.7 Å². The average Bonchev–Trinajstić information content (AvgIpc) is 2.74. The van der Waals surface area contributed by atoms with Crippen molar-refractivity contribution in [3.63, 3.8) is 0 Å². The first-order valence-corrected chi connectivity index (χ1v) is 9.77. The molecule has 2 aromatic rings. The molecule has 1 aliphatic rings. The molecule has 1 heterocycles. The van der Waals surface area contributed by atoms with Crippen molar-refractivity contribution < 1.29 is 30.0 Å². The Kier molecular flexibility index (Phi) is 8.90. The number of carboxylic acids is 2. The van der Waals surface area contributed by atoms with Gasteiger partial charge in [-0.1, -0.05) is 36.4 Å². The van der Waals surface area contributed by atoms with Crippen LogP contribution in [0.1, 0.15) is 29.9 Å². The van der Waals surface area contributed by atoms with E-state index in [1.807, 2.05) is 6.07 Å². The lowest BCUT2D eigenvalue weighted by Gasteiger charge is -2.33. The van der Waals surface area contributed by atoms with Gasteiger partial charge in [-0.15, -0.1) is 0 Å². The zero-order valence-corrected chi connectivity index (χ0v) is 16.6. The van der Waals surface area contributed by atoms with Crippen LogP contribution in [0.3, 0.4) is 0 Å². The average molecular weight is 413 g/mol. The molecule has 30 heavy (non-hydrogen) atoms. The molecule has 1 aliphatic heterocycles. The van der Waals surface area contributed by atoms with Crippen molar-refractivity contribution in [1.29, 1.82) is 0 Å². The normalized spacial score (nSPS) is 16.6. The second kappa shape index (κ2) is 11.6. The van der Waals surface area contributed by atoms with Gasteiger partial charge in [-0.2, -0.15) is 0 Å². The Balaban J connectivity index is 0.000000343. The van der Waals surface area contributed by atoms with E-state index in [0.29, 0.717) is 18.1 Å². The maximum atomic E-state index is 9.69. The van der Waals surface area contributed by atoms with Crippen molar-refractivity contribution in [2.24, 2.45) is 0 Å². The van der Waals surface area contributed by atoms with Crippen LogP contribution < -0.4 is 0 Å². The summed E-state index contributed by atoms with van der Waals surface area (Å²) in [5.74, 6) is -2.13. The van der Waals surface area contributed by atoms with E-state index in [9.17, 15) is 19.8 Å². The predicted molar refractivity (Wildman–Crippen MR) is 113 cm³/mol. The Bertz CT molecular complexity index is 849. The topological polar surface area (TPSA) is 118 Å². The van der Waals surface area contributed by atoms with Crippen LogP contribution in [-0.2, 0) is 16.0 Å². The number of likely N-dealkylation sites (tertiary alicyclic amines) is 1. The molecule has 0 saturated carbocycles. The van der Waals surface area contributed by atoms with Gasteiger partial charge in [-0.05, 0) is 55.0 Å². The second-order valence-electron chi connectivity index (χ2n) is 7.13. The van der Waals surface area contributed by atoms with E-state index >= 15 is 0 Å². The molecule has 1 atom stereocenters. The quantitative estimate of drug-likeness (QED) is 0.424. The van der Waals surface area contributed by atoms with E-state index in [-0.39, 0.29) is 11.5 Å². The first kappa shape index (κ1) is 23.0. The van der Waals surface area contributed by atoms with Crippen molar-refractivity contribution in [3.8, 4) is 11.5 Å². The standard InChI is InChI=1S/C19H23NO2.C4H4O4/c21-18-9-8-16(13-19(18)22)17-7-4-11-20(14-17)12-10-15-5-2-1-3-6-15;5-3(6)1-2-4(7)8/h1-3,5-6,8-9,13,17,21-22H,4,7,10-12,14H2;1-2H,(H,5,6)(H,7,8)/b;2-1+. The Morgan fingerprint density at radius 2 is 1.63 bits per heavy atom. The first-order valence-electron chi connectivity index (χ1n) is 9.77. The highest BCUT2D eigenvalue weighted by Gasteiger charge is 2.21. The van der Waals surface area contributed by atoms with E-state index in [1.54, 1.807) is 12.1 Å². The van der Waals surface area contributed by atoms with Crippen LogP contribution in [0.5, 0.6) is 11.5 Å². The van der Waals surface area contributed by atoms with Gasteiger partial charge >= 0.3 is 11.9 Å². The number of phenolic OH excluding ortho intramolecular Hbond substituents is 2. The van der Waals surface area contributed by atoms with Gasteiger partial charge in [0.1, 0.15) is 0 Å². The fourth-order valence-corrected chi connectivity index (χ4v) is 3.40. The van der Waals surface area contributed by atoms with E-state index < -0.39 is 11.9 Å². The zero-order chi connectivity index (χ0) is 21.9. The van der Waals surface area contributed by atoms with Crippen LogP contribution in [-0.4, -0.2) is 56.9 Å². The number of piperidine rings is 1. The van der Waals surface area contributed by atoms with Gasteiger partial charge in [0.15, 0.2) is 11.5 Å². The summed E-state index contributed by atoms with van der Waals surface area (Å²) < 4.78 is 0. The molecule has 0 bridgehead atoms. The highest BCUT2D eigenvalue weighted by atomic mass is 16.4. The monoisotopic (exact) mass is 413 g/mol. The number of benzene rings is 2. The Morgan fingerprint density at radius 1 is 0.967 bits per heavy atom. The maximum absolute atomic E-state index is 9.69. The fourth-order valence-electron chi connectivity index (χ4n) is 3.40. The van der Waals surface area contributed by atoms with Crippen LogP contribution >= 0.6 is 0 Å². The van der Waals surface area contributed by atoms with Gasteiger partial charge in [-0.25, -0.2) is 9.59 Å². The van der Waals surface area contributed by atoms with Crippen molar-refractivity contribution >= 4 is 11.9 Å². The summed E-state index contributed by atoms with van der Waals surface area (Å²) in [7, 11) is 0. The van der Waals surface area contributed by atoms with Gasteiger partial charge in [-0.3, -0.25) is 0 Å². The van der Waals surface area contributed by atoms with Crippen molar-refractivity contribution in [2.75, 3.05) is 19.6 Å². The molecule has 1 fully saturated rings. The Morgan fingerprint density at radius 3 is 2.23 bits per heavy atom. The van der Waals surface area contributed by atoms with Crippen LogP contribution in [0, 0.1) is 0 Å².